The highest BCUT2D eigenvalue weighted by atomic mass is 32.2. The smallest absolute Gasteiger partial charge is 0.408 e. The second-order valence-electron chi connectivity index (χ2n) is 5.46. The summed E-state index contributed by atoms with van der Waals surface area (Å²) in [6.45, 7) is 1.74. The largest absolute Gasteiger partial charge is 0.419 e. The first kappa shape index (κ1) is 15.3. The van der Waals surface area contributed by atoms with E-state index >= 15 is 0 Å². The fourth-order valence-electron chi connectivity index (χ4n) is 2.54. The minimum Gasteiger partial charge on any atom is -0.408 e. The predicted octanol–water partition coefficient (Wildman–Crippen LogP) is 0.836. The van der Waals surface area contributed by atoms with E-state index in [-0.39, 0.29) is 10.5 Å². The first-order chi connectivity index (χ1) is 10.5. The van der Waals surface area contributed by atoms with Gasteiger partial charge in [0.1, 0.15) is 0 Å². The third-order valence-corrected chi connectivity index (χ3v) is 5.40. The van der Waals surface area contributed by atoms with Crippen molar-refractivity contribution in [2.75, 3.05) is 19.8 Å². The van der Waals surface area contributed by atoms with Crippen molar-refractivity contribution < 1.29 is 17.6 Å². The van der Waals surface area contributed by atoms with Crippen molar-refractivity contribution in [2.45, 2.75) is 17.7 Å². The van der Waals surface area contributed by atoms with Gasteiger partial charge in [0.2, 0.25) is 10.0 Å². The molecule has 22 heavy (non-hydrogen) atoms. The first-order valence-corrected chi connectivity index (χ1v) is 8.63. The Kier molecular flexibility index (Phi) is 4.07. The number of sulfonamides is 1. The molecule has 1 saturated heterocycles. The maximum atomic E-state index is 12.3. The van der Waals surface area contributed by atoms with Gasteiger partial charge >= 0.3 is 5.76 Å². The van der Waals surface area contributed by atoms with Gasteiger partial charge in [-0.3, -0.25) is 4.57 Å². The number of hydrogen-bond donors (Lipinski definition) is 1. The molecule has 2 aromatic rings. The third kappa shape index (κ3) is 2.94. The number of rotatable bonds is 4. The van der Waals surface area contributed by atoms with Gasteiger partial charge in [-0.2, -0.15) is 0 Å². The molecular weight excluding hydrogens is 308 g/mol. The Morgan fingerprint density at radius 1 is 1.32 bits per heavy atom. The minimum atomic E-state index is -3.62. The van der Waals surface area contributed by atoms with Crippen LogP contribution in [0.2, 0.25) is 0 Å². The summed E-state index contributed by atoms with van der Waals surface area (Å²) >= 11 is 0. The van der Waals surface area contributed by atoms with Gasteiger partial charge in [-0.05, 0) is 30.9 Å². The van der Waals surface area contributed by atoms with E-state index in [2.05, 4.69) is 4.72 Å². The Morgan fingerprint density at radius 2 is 2.05 bits per heavy atom. The molecule has 0 aliphatic carbocycles. The predicted molar refractivity (Wildman–Crippen MR) is 80.2 cm³/mol. The maximum Gasteiger partial charge on any atom is 0.419 e. The van der Waals surface area contributed by atoms with Crippen molar-refractivity contribution in [3.63, 3.8) is 0 Å². The Balaban J connectivity index is 1.80. The first-order valence-electron chi connectivity index (χ1n) is 7.14. The fraction of sp³-hybridized carbons (Fsp3) is 0.500. The molecule has 0 spiro atoms. The summed E-state index contributed by atoms with van der Waals surface area (Å²) in [5.74, 6) is -0.221. The summed E-state index contributed by atoms with van der Waals surface area (Å²) < 4.78 is 38.9. The molecule has 1 aromatic heterocycles. The molecule has 0 unspecified atom stereocenters. The Hall–Kier alpha value is -1.64. The third-order valence-electron chi connectivity index (χ3n) is 3.98. The van der Waals surface area contributed by atoms with E-state index in [0.29, 0.717) is 31.2 Å². The highest BCUT2D eigenvalue weighted by molar-refractivity contribution is 7.89. The summed E-state index contributed by atoms with van der Waals surface area (Å²) in [5, 5.41) is 0. The molecule has 2 heterocycles. The number of ether oxygens (including phenoxy) is 1. The molecule has 120 valence electrons. The highest BCUT2D eigenvalue weighted by Crippen LogP contribution is 2.19. The van der Waals surface area contributed by atoms with Crippen molar-refractivity contribution >= 4 is 21.1 Å². The monoisotopic (exact) mass is 326 g/mol. The zero-order valence-corrected chi connectivity index (χ0v) is 13.1. The molecule has 0 radical (unpaired) electrons. The van der Waals surface area contributed by atoms with E-state index in [1.807, 2.05) is 0 Å². The van der Waals surface area contributed by atoms with Crippen molar-refractivity contribution in [1.82, 2.24) is 9.29 Å². The molecule has 1 N–H and O–H groups in total. The van der Waals surface area contributed by atoms with Crippen LogP contribution in [0.15, 0.2) is 32.3 Å². The molecular formula is C14H18N2O5S. The van der Waals surface area contributed by atoms with Crippen LogP contribution in [0.1, 0.15) is 12.8 Å². The summed E-state index contributed by atoms with van der Waals surface area (Å²) in [7, 11) is -2.04. The molecule has 8 heteroatoms. The van der Waals surface area contributed by atoms with Gasteiger partial charge < -0.3 is 9.15 Å². The van der Waals surface area contributed by atoms with Crippen LogP contribution in [-0.2, 0) is 21.8 Å². The highest BCUT2D eigenvalue weighted by Gasteiger charge is 2.20. The topological polar surface area (TPSA) is 90.5 Å². The number of fused-ring (bicyclic) bond motifs is 1. The summed E-state index contributed by atoms with van der Waals surface area (Å²) in [5.41, 5.74) is 0.829. The van der Waals surface area contributed by atoms with Crippen LogP contribution < -0.4 is 10.5 Å². The zero-order chi connectivity index (χ0) is 15.7. The van der Waals surface area contributed by atoms with Crippen molar-refractivity contribution in [1.29, 1.82) is 0 Å². The molecule has 1 aliphatic heterocycles. The van der Waals surface area contributed by atoms with Gasteiger partial charge in [0.25, 0.3) is 0 Å². The summed E-state index contributed by atoms with van der Waals surface area (Å²) in [6, 6.07) is 4.43. The number of nitrogens with one attached hydrogen (secondary N) is 1. The van der Waals surface area contributed by atoms with Gasteiger partial charge in [-0.25, -0.2) is 17.9 Å². The number of oxazole rings is 1. The molecule has 0 amide bonds. The lowest BCUT2D eigenvalue weighted by Crippen LogP contribution is -2.32. The van der Waals surface area contributed by atoms with Crippen molar-refractivity contribution in [3.05, 3.63) is 28.7 Å². The second-order valence-corrected chi connectivity index (χ2v) is 7.23. The summed E-state index contributed by atoms with van der Waals surface area (Å²) in [6.07, 6.45) is 1.71. The number of hydrogen-bond acceptors (Lipinski definition) is 5. The standard InChI is InChI=1S/C14H18N2O5S/c1-16-12-3-2-11(8-13(12)21-14(16)17)22(18,19)15-9-10-4-6-20-7-5-10/h2-3,8,10,15H,4-7,9H2,1H3. The summed E-state index contributed by atoms with van der Waals surface area (Å²) in [4.78, 5) is 11.5. The van der Waals surface area contributed by atoms with Crippen LogP contribution in [-0.4, -0.2) is 32.7 Å². The normalized spacial score (nSPS) is 17.1. The quantitative estimate of drug-likeness (QED) is 0.899. The molecule has 0 bridgehead atoms. The van der Waals surface area contributed by atoms with E-state index < -0.39 is 15.8 Å². The van der Waals surface area contributed by atoms with E-state index in [0.717, 1.165) is 12.8 Å². The van der Waals surface area contributed by atoms with Crippen molar-refractivity contribution in [3.8, 4) is 0 Å². The fourth-order valence-corrected chi connectivity index (χ4v) is 3.67. The molecule has 7 nitrogen and oxygen atoms in total. The van der Waals surface area contributed by atoms with E-state index in [1.165, 1.54) is 16.7 Å². The maximum absolute atomic E-state index is 12.3. The molecule has 0 saturated carbocycles. The molecule has 1 aromatic carbocycles. The van der Waals surface area contributed by atoms with E-state index in [9.17, 15) is 13.2 Å². The lowest BCUT2D eigenvalue weighted by atomic mass is 10.0. The average Bonchev–Trinajstić information content (AvgIpc) is 2.81. The van der Waals surface area contributed by atoms with Gasteiger partial charge in [-0.1, -0.05) is 0 Å². The van der Waals surface area contributed by atoms with Crippen LogP contribution >= 0.6 is 0 Å². The van der Waals surface area contributed by atoms with Crippen LogP contribution in [0, 0.1) is 5.92 Å². The van der Waals surface area contributed by atoms with E-state index in [1.54, 1.807) is 13.1 Å². The van der Waals surface area contributed by atoms with Gasteiger partial charge in [0, 0.05) is 32.9 Å². The zero-order valence-electron chi connectivity index (χ0n) is 12.2. The molecule has 3 rings (SSSR count). The van der Waals surface area contributed by atoms with Crippen molar-refractivity contribution in [2.24, 2.45) is 13.0 Å². The lowest BCUT2D eigenvalue weighted by Gasteiger charge is -2.22. The SMILES string of the molecule is Cn1c(=O)oc2cc(S(=O)(=O)NCC3CCOCC3)ccc21. The Morgan fingerprint density at radius 3 is 2.77 bits per heavy atom. The van der Waals surface area contributed by atoms with Crippen LogP contribution in [0.25, 0.3) is 11.1 Å². The van der Waals surface area contributed by atoms with Gasteiger partial charge in [-0.15, -0.1) is 0 Å². The van der Waals surface area contributed by atoms with Crippen LogP contribution in [0.4, 0.5) is 0 Å². The van der Waals surface area contributed by atoms with E-state index in [4.69, 9.17) is 9.15 Å². The molecule has 1 fully saturated rings. The lowest BCUT2D eigenvalue weighted by molar-refractivity contribution is 0.0678. The Labute approximate surface area is 127 Å². The number of aryl methyl sites for hydroxylation is 1. The number of benzene rings is 1. The van der Waals surface area contributed by atoms with Crippen LogP contribution in [0.5, 0.6) is 0 Å². The van der Waals surface area contributed by atoms with Crippen LogP contribution in [0.3, 0.4) is 0 Å². The Bertz CT molecular complexity index is 831. The number of aromatic nitrogens is 1. The molecule has 0 atom stereocenters. The molecule has 1 aliphatic rings. The van der Waals surface area contributed by atoms with Gasteiger partial charge in [0.15, 0.2) is 5.58 Å². The average molecular weight is 326 g/mol. The second kappa shape index (κ2) is 5.86. The minimum absolute atomic E-state index is 0.0985. The number of nitrogens with zero attached hydrogens (tertiary/aromatic N) is 1. The van der Waals surface area contributed by atoms with Gasteiger partial charge in [0.05, 0.1) is 10.4 Å².